The summed E-state index contributed by atoms with van der Waals surface area (Å²) in [6.45, 7) is 3.13. The van der Waals surface area contributed by atoms with Gasteiger partial charge in [-0.2, -0.15) is 5.26 Å². The van der Waals surface area contributed by atoms with E-state index < -0.39 is 0 Å². The number of hydrogen-bond donors (Lipinski definition) is 1. The van der Waals surface area contributed by atoms with Gasteiger partial charge in [0.2, 0.25) is 0 Å². The highest BCUT2D eigenvalue weighted by Crippen LogP contribution is 2.31. The summed E-state index contributed by atoms with van der Waals surface area (Å²) < 4.78 is 5.40. The summed E-state index contributed by atoms with van der Waals surface area (Å²) in [7, 11) is 0. The number of benzene rings is 1. The van der Waals surface area contributed by atoms with Gasteiger partial charge in [0.05, 0.1) is 16.5 Å². The van der Waals surface area contributed by atoms with E-state index in [0.29, 0.717) is 25.3 Å². The molecule has 98 valence electrons. The Bertz CT molecular complexity index is 584. The largest absolute Gasteiger partial charge is 0.494 e. The van der Waals surface area contributed by atoms with Crippen molar-refractivity contribution in [3.05, 3.63) is 35.0 Å². The highest BCUT2D eigenvalue weighted by atomic mass is 32.1. The SMILES string of the molecule is CCOc1ccc(-c2sc(CCN)nc2C#N)cc1. The fourth-order valence-electron chi connectivity index (χ4n) is 1.74. The van der Waals surface area contributed by atoms with Crippen LogP contribution in [0.25, 0.3) is 10.4 Å². The number of thiazole rings is 1. The van der Waals surface area contributed by atoms with Gasteiger partial charge in [0.15, 0.2) is 5.69 Å². The Morgan fingerprint density at radius 2 is 2.11 bits per heavy atom. The quantitative estimate of drug-likeness (QED) is 0.908. The van der Waals surface area contributed by atoms with E-state index in [4.69, 9.17) is 15.7 Å². The van der Waals surface area contributed by atoms with Crippen LogP contribution in [0.1, 0.15) is 17.6 Å². The van der Waals surface area contributed by atoms with Crippen molar-refractivity contribution < 1.29 is 4.74 Å². The van der Waals surface area contributed by atoms with Crippen LogP contribution in [-0.4, -0.2) is 18.1 Å². The summed E-state index contributed by atoms with van der Waals surface area (Å²) in [5, 5.41) is 10.0. The third-order valence-corrected chi connectivity index (χ3v) is 3.73. The highest BCUT2D eigenvalue weighted by Gasteiger charge is 2.12. The molecule has 1 aromatic carbocycles. The zero-order chi connectivity index (χ0) is 13.7. The number of aromatic nitrogens is 1. The molecule has 2 rings (SSSR count). The second kappa shape index (κ2) is 6.32. The molecule has 5 heteroatoms. The molecule has 2 N–H and O–H groups in total. The van der Waals surface area contributed by atoms with Crippen molar-refractivity contribution in [1.82, 2.24) is 4.98 Å². The summed E-state index contributed by atoms with van der Waals surface area (Å²) in [5.41, 5.74) is 6.98. The molecule has 1 heterocycles. The first kappa shape index (κ1) is 13.5. The summed E-state index contributed by atoms with van der Waals surface area (Å²) in [6, 6.07) is 9.85. The molecule has 4 nitrogen and oxygen atoms in total. The second-order valence-corrected chi connectivity index (χ2v) is 4.98. The summed E-state index contributed by atoms with van der Waals surface area (Å²) >= 11 is 1.53. The maximum atomic E-state index is 9.14. The van der Waals surface area contributed by atoms with Gasteiger partial charge in [-0.1, -0.05) is 0 Å². The van der Waals surface area contributed by atoms with Crippen molar-refractivity contribution >= 4 is 11.3 Å². The molecular formula is C14H15N3OS. The van der Waals surface area contributed by atoms with E-state index in [0.717, 1.165) is 21.2 Å². The minimum absolute atomic E-state index is 0.470. The van der Waals surface area contributed by atoms with Crippen molar-refractivity contribution in [3.63, 3.8) is 0 Å². The second-order valence-electron chi connectivity index (χ2n) is 3.89. The number of rotatable bonds is 5. The molecule has 0 unspecified atom stereocenters. The molecule has 0 aliphatic carbocycles. The number of nitrogens with zero attached hydrogens (tertiary/aromatic N) is 2. The average Bonchev–Trinajstić information content (AvgIpc) is 2.83. The van der Waals surface area contributed by atoms with Gasteiger partial charge in [0.1, 0.15) is 11.8 Å². The molecular weight excluding hydrogens is 258 g/mol. The Balaban J connectivity index is 2.32. The molecule has 0 amide bonds. The maximum absolute atomic E-state index is 9.14. The molecule has 0 saturated heterocycles. The average molecular weight is 273 g/mol. The number of nitriles is 1. The first-order valence-corrected chi connectivity index (χ1v) is 6.93. The molecule has 0 aliphatic heterocycles. The van der Waals surface area contributed by atoms with Gasteiger partial charge < -0.3 is 10.5 Å². The van der Waals surface area contributed by atoms with E-state index in [2.05, 4.69) is 11.1 Å². The predicted octanol–water partition coefficient (Wildman–Crippen LogP) is 2.58. The van der Waals surface area contributed by atoms with Gasteiger partial charge in [-0.15, -0.1) is 11.3 Å². The Kier molecular flexibility index (Phi) is 4.50. The molecule has 2 aromatic rings. The molecule has 0 spiro atoms. The molecule has 0 radical (unpaired) electrons. The van der Waals surface area contributed by atoms with Crippen LogP contribution in [0.5, 0.6) is 5.75 Å². The molecule has 0 fully saturated rings. The number of ether oxygens (including phenoxy) is 1. The topological polar surface area (TPSA) is 71.9 Å². The standard InChI is InChI=1S/C14H15N3OS/c1-2-18-11-5-3-10(4-6-11)14-12(9-16)17-13(19-14)7-8-15/h3-6H,2,7-8,15H2,1H3. The van der Waals surface area contributed by atoms with Crippen molar-refractivity contribution in [2.75, 3.05) is 13.2 Å². The van der Waals surface area contributed by atoms with E-state index in [1.165, 1.54) is 11.3 Å². The monoisotopic (exact) mass is 273 g/mol. The van der Waals surface area contributed by atoms with Crippen molar-refractivity contribution in [1.29, 1.82) is 5.26 Å². The highest BCUT2D eigenvalue weighted by molar-refractivity contribution is 7.15. The minimum Gasteiger partial charge on any atom is -0.494 e. The fraction of sp³-hybridized carbons (Fsp3) is 0.286. The van der Waals surface area contributed by atoms with E-state index in [1.54, 1.807) is 0 Å². The lowest BCUT2D eigenvalue weighted by atomic mass is 10.1. The Labute approximate surface area is 116 Å². The number of hydrogen-bond acceptors (Lipinski definition) is 5. The third-order valence-electron chi connectivity index (χ3n) is 2.56. The van der Waals surface area contributed by atoms with Crippen LogP contribution < -0.4 is 10.5 Å². The molecule has 0 atom stereocenters. The van der Waals surface area contributed by atoms with Crippen LogP contribution in [0.15, 0.2) is 24.3 Å². The molecule has 1 aromatic heterocycles. The zero-order valence-corrected chi connectivity index (χ0v) is 11.5. The van der Waals surface area contributed by atoms with Gasteiger partial charge in [-0.3, -0.25) is 0 Å². The molecule has 19 heavy (non-hydrogen) atoms. The smallest absolute Gasteiger partial charge is 0.159 e. The minimum atomic E-state index is 0.470. The van der Waals surface area contributed by atoms with Crippen LogP contribution >= 0.6 is 11.3 Å². The fourth-order valence-corrected chi connectivity index (χ4v) is 2.77. The first-order chi connectivity index (χ1) is 9.28. The van der Waals surface area contributed by atoms with Crippen LogP contribution in [0, 0.1) is 11.3 Å². The molecule has 0 aliphatic rings. The normalized spacial score (nSPS) is 10.2. The van der Waals surface area contributed by atoms with E-state index in [1.807, 2.05) is 31.2 Å². The van der Waals surface area contributed by atoms with Crippen LogP contribution in [0.3, 0.4) is 0 Å². The van der Waals surface area contributed by atoms with Gasteiger partial charge in [-0.25, -0.2) is 4.98 Å². The summed E-state index contributed by atoms with van der Waals surface area (Å²) in [5.74, 6) is 0.830. The maximum Gasteiger partial charge on any atom is 0.159 e. The van der Waals surface area contributed by atoms with Crippen molar-refractivity contribution in [2.24, 2.45) is 5.73 Å². The molecule has 0 saturated carbocycles. The van der Waals surface area contributed by atoms with Gasteiger partial charge >= 0.3 is 0 Å². The zero-order valence-electron chi connectivity index (χ0n) is 10.7. The van der Waals surface area contributed by atoms with Gasteiger partial charge in [0, 0.05) is 6.42 Å². The first-order valence-electron chi connectivity index (χ1n) is 6.11. The Hall–Kier alpha value is -1.90. The van der Waals surface area contributed by atoms with E-state index in [9.17, 15) is 0 Å². The number of nitrogens with two attached hydrogens (primary N) is 1. The van der Waals surface area contributed by atoms with Crippen LogP contribution in [0.4, 0.5) is 0 Å². The van der Waals surface area contributed by atoms with Gasteiger partial charge in [0.25, 0.3) is 0 Å². The van der Waals surface area contributed by atoms with Crippen molar-refractivity contribution in [2.45, 2.75) is 13.3 Å². The van der Waals surface area contributed by atoms with E-state index in [-0.39, 0.29) is 0 Å². The lowest BCUT2D eigenvalue weighted by molar-refractivity contribution is 0.340. The summed E-state index contributed by atoms with van der Waals surface area (Å²) in [6.07, 6.45) is 0.705. The van der Waals surface area contributed by atoms with Crippen molar-refractivity contribution in [3.8, 4) is 22.3 Å². The van der Waals surface area contributed by atoms with Crippen LogP contribution in [-0.2, 0) is 6.42 Å². The van der Waals surface area contributed by atoms with E-state index >= 15 is 0 Å². The van der Waals surface area contributed by atoms with Gasteiger partial charge in [-0.05, 0) is 43.3 Å². The lowest BCUT2D eigenvalue weighted by Gasteiger charge is -2.03. The predicted molar refractivity (Wildman–Crippen MR) is 76.2 cm³/mol. The van der Waals surface area contributed by atoms with Crippen LogP contribution in [0.2, 0.25) is 0 Å². The Morgan fingerprint density at radius 1 is 1.37 bits per heavy atom. The Morgan fingerprint density at radius 3 is 2.68 bits per heavy atom. The summed E-state index contributed by atoms with van der Waals surface area (Å²) in [4.78, 5) is 5.20. The molecule has 0 bridgehead atoms. The third kappa shape index (κ3) is 3.11. The lowest BCUT2D eigenvalue weighted by Crippen LogP contribution is -2.01.